The minimum Gasteiger partial charge on any atom is -0.365 e. The van der Waals surface area contributed by atoms with E-state index >= 15 is 0 Å². The third-order valence-electron chi connectivity index (χ3n) is 3.41. The first-order chi connectivity index (χ1) is 10.4. The number of nitrogens with zero attached hydrogens (tertiary/aromatic N) is 4. The quantitative estimate of drug-likeness (QED) is 0.601. The van der Waals surface area contributed by atoms with E-state index in [9.17, 15) is 0 Å². The lowest BCUT2D eigenvalue weighted by atomic mass is 10.1. The summed E-state index contributed by atoms with van der Waals surface area (Å²) in [7, 11) is 0. The van der Waals surface area contributed by atoms with Crippen LogP contribution in [0.3, 0.4) is 0 Å². The van der Waals surface area contributed by atoms with Crippen LogP contribution >= 0.6 is 0 Å². The number of pyridine rings is 1. The molecule has 6 heteroatoms. The molecule has 0 radical (unpaired) electrons. The molecule has 0 aliphatic heterocycles. The molecular weight excluding hydrogens is 264 g/mol. The highest BCUT2D eigenvalue weighted by molar-refractivity contribution is 5.86. The van der Waals surface area contributed by atoms with Crippen LogP contribution in [0, 0.1) is 0 Å². The molecule has 21 heavy (non-hydrogen) atoms. The molecule has 0 aliphatic carbocycles. The van der Waals surface area contributed by atoms with Crippen LogP contribution in [0.15, 0.2) is 49.1 Å². The van der Waals surface area contributed by atoms with Crippen molar-refractivity contribution in [2.45, 2.75) is 6.54 Å². The SMILES string of the molecule is c1cnc2c(CNc3ncnc4[nH]ncc34)cccc2c1. The number of anilines is 1. The van der Waals surface area contributed by atoms with Gasteiger partial charge in [0.15, 0.2) is 5.65 Å². The molecule has 2 N–H and O–H groups in total. The second kappa shape index (κ2) is 4.82. The van der Waals surface area contributed by atoms with E-state index in [1.807, 2.05) is 18.3 Å². The molecular formula is C15H12N6. The molecule has 0 saturated carbocycles. The van der Waals surface area contributed by atoms with Gasteiger partial charge in [0, 0.05) is 18.1 Å². The zero-order valence-corrected chi connectivity index (χ0v) is 11.1. The Balaban J connectivity index is 1.68. The molecule has 6 nitrogen and oxygen atoms in total. The number of para-hydroxylation sites is 1. The minimum atomic E-state index is 0.644. The predicted octanol–water partition coefficient (Wildman–Crippen LogP) is 2.51. The Hall–Kier alpha value is -3.02. The maximum atomic E-state index is 4.45. The smallest absolute Gasteiger partial charge is 0.160 e. The van der Waals surface area contributed by atoms with Crippen LogP contribution in [0.2, 0.25) is 0 Å². The third-order valence-corrected chi connectivity index (χ3v) is 3.41. The molecule has 0 fully saturated rings. The Morgan fingerprint density at radius 1 is 1.05 bits per heavy atom. The second-order valence-corrected chi connectivity index (χ2v) is 4.70. The monoisotopic (exact) mass is 276 g/mol. The second-order valence-electron chi connectivity index (χ2n) is 4.70. The van der Waals surface area contributed by atoms with Crippen LogP contribution in [-0.4, -0.2) is 25.1 Å². The summed E-state index contributed by atoms with van der Waals surface area (Å²) >= 11 is 0. The molecule has 1 aromatic carbocycles. The van der Waals surface area contributed by atoms with Crippen LogP contribution in [0.1, 0.15) is 5.56 Å². The summed E-state index contributed by atoms with van der Waals surface area (Å²) in [5, 5.41) is 12.2. The Morgan fingerprint density at radius 2 is 2.00 bits per heavy atom. The number of aromatic amines is 1. The molecule has 0 unspecified atom stereocenters. The van der Waals surface area contributed by atoms with Crippen LogP contribution in [0.4, 0.5) is 5.82 Å². The molecule has 4 aromatic rings. The van der Waals surface area contributed by atoms with Gasteiger partial charge in [0.05, 0.1) is 17.1 Å². The van der Waals surface area contributed by atoms with Gasteiger partial charge in [0.1, 0.15) is 12.1 Å². The highest BCUT2D eigenvalue weighted by Crippen LogP contribution is 2.20. The molecule has 0 atom stereocenters. The van der Waals surface area contributed by atoms with Gasteiger partial charge in [-0.1, -0.05) is 24.3 Å². The van der Waals surface area contributed by atoms with Crippen molar-refractivity contribution in [3.8, 4) is 0 Å². The average Bonchev–Trinajstić information content (AvgIpc) is 3.02. The zero-order chi connectivity index (χ0) is 14.1. The number of fused-ring (bicyclic) bond motifs is 2. The first-order valence-corrected chi connectivity index (χ1v) is 6.62. The molecule has 4 rings (SSSR count). The highest BCUT2D eigenvalue weighted by Gasteiger charge is 2.06. The molecule has 102 valence electrons. The van der Waals surface area contributed by atoms with Crippen molar-refractivity contribution in [2.24, 2.45) is 0 Å². The fourth-order valence-corrected chi connectivity index (χ4v) is 2.39. The van der Waals surface area contributed by atoms with E-state index in [0.29, 0.717) is 6.54 Å². The van der Waals surface area contributed by atoms with Crippen molar-refractivity contribution in [1.29, 1.82) is 0 Å². The van der Waals surface area contributed by atoms with Crippen molar-refractivity contribution >= 4 is 27.8 Å². The first kappa shape index (κ1) is 11.8. The first-order valence-electron chi connectivity index (χ1n) is 6.62. The Labute approximate surface area is 120 Å². The largest absolute Gasteiger partial charge is 0.365 e. The lowest BCUT2D eigenvalue weighted by Crippen LogP contribution is -2.03. The number of rotatable bonds is 3. The summed E-state index contributed by atoms with van der Waals surface area (Å²) in [5.74, 6) is 0.765. The zero-order valence-electron chi connectivity index (χ0n) is 11.1. The van der Waals surface area contributed by atoms with Crippen molar-refractivity contribution in [3.05, 3.63) is 54.6 Å². The van der Waals surface area contributed by atoms with Crippen LogP contribution in [0.5, 0.6) is 0 Å². The van der Waals surface area contributed by atoms with Crippen LogP contribution < -0.4 is 5.32 Å². The summed E-state index contributed by atoms with van der Waals surface area (Å²) in [6, 6.07) is 10.2. The maximum Gasteiger partial charge on any atom is 0.160 e. The number of nitrogens with one attached hydrogen (secondary N) is 2. The van der Waals surface area contributed by atoms with Gasteiger partial charge in [-0.05, 0) is 11.6 Å². The minimum absolute atomic E-state index is 0.644. The Morgan fingerprint density at radius 3 is 3.00 bits per heavy atom. The van der Waals surface area contributed by atoms with Gasteiger partial charge < -0.3 is 5.32 Å². The van der Waals surface area contributed by atoms with E-state index in [2.05, 4.69) is 48.7 Å². The summed E-state index contributed by atoms with van der Waals surface area (Å²) in [6.07, 6.45) is 5.05. The molecule has 0 aliphatic rings. The standard InChI is InChI=1S/C15H12N6/c1-3-10-5-2-6-16-13(10)11(4-1)7-17-14-12-8-20-21-15(12)19-9-18-14/h1-6,8-9H,7H2,(H2,17,18,19,20,21). The van der Waals surface area contributed by atoms with Gasteiger partial charge in [0.25, 0.3) is 0 Å². The van der Waals surface area contributed by atoms with Gasteiger partial charge in [-0.3, -0.25) is 10.1 Å². The van der Waals surface area contributed by atoms with Gasteiger partial charge in [-0.2, -0.15) is 5.10 Å². The van der Waals surface area contributed by atoms with Gasteiger partial charge in [-0.25, -0.2) is 9.97 Å². The van der Waals surface area contributed by atoms with Crippen molar-refractivity contribution < 1.29 is 0 Å². The molecule has 0 bridgehead atoms. The maximum absolute atomic E-state index is 4.45. The Bertz CT molecular complexity index is 909. The fourth-order valence-electron chi connectivity index (χ4n) is 2.39. The number of aromatic nitrogens is 5. The summed E-state index contributed by atoms with van der Waals surface area (Å²) < 4.78 is 0. The lowest BCUT2D eigenvalue weighted by molar-refractivity contribution is 1.08. The topological polar surface area (TPSA) is 79.4 Å². The summed E-state index contributed by atoms with van der Waals surface area (Å²) in [5.41, 5.74) is 2.86. The van der Waals surface area contributed by atoms with E-state index in [4.69, 9.17) is 0 Å². The van der Waals surface area contributed by atoms with Crippen LogP contribution in [0.25, 0.3) is 21.9 Å². The van der Waals surface area contributed by atoms with Crippen molar-refractivity contribution in [2.75, 3.05) is 5.32 Å². The van der Waals surface area contributed by atoms with E-state index in [1.54, 1.807) is 6.20 Å². The van der Waals surface area contributed by atoms with Crippen molar-refractivity contribution in [3.63, 3.8) is 0 Å². The number of hydrogen-bond donors (Lipinski definition) is 2. The average molecular weight is 276 g/mol. The summed E-state index contributed by atoms with van der Waals surface area (Å²) in [4.78, 5) is 12.9. The van der Waals surface area contributed by atoms with Crippen molar-refractivity contribution in [1.82, 2.24) is 25.1 Å². The molecule has 0 amide bonds. The lowest BCUT2D eigenvalue weighted by Gasteiger charge is -2.08. The number of H-pyrrole nitrogens is 1. The highest BCUT2D eigenvalue weighted by atomic mass is 15.2. The predicted molar refractivity (Wildman–Crippen MR) is 80.8 cm³/mol. The van der Waals surface area contributed by atoms with E-state index in [1.165, 1.54) is 6.33 Å². The number of hydrogen-bond acceptors (Lipinski definition) is 5. The summed E-state index contributed by atoms with van der Waals surface area (Å²) in [6.45, 7) is 0.644. The number of benzene rings is 1. The molecule has 3 aromatic heterocycles. The molecule has 0 spiro atoms. The van der Waals surface area contributed by atoms with E-state index in [0.717, 1.165) is 33.3 Å². The van der Waals surface area contributed by atoms with Gasteiger partial charge >= 0.3 is 0 Å². The molecule has 3 heterocycles. The van der Waals surface area contributed by atoms with Gasteiger partial charge in [0.2, 0.25) is 0 Å². The molecule has 0 saturated heterocycles. The van der Waals surface area contributed by atoms with Gasteiger partial charge in [-0.15, -0.1) is 0 Å². The fraction of sp³-hybridized carbons (Fsp3) is 0.0667. The van der Waals surface area contributed by atoms with E-state index < -0.39 is 0 Å². The normalized spacial score (nSPS) is 11.0. The van der Waals surface area contributed by atoms with Crippen LogP contribution in [-0.2, 0) is 6.54 Å². The third kappa shape index (κ3) is 2.06. The Kier molecular flexibility index (Phi) is 2.71. The van der Waals surface area contributed by atoms with E-state index in [-0.39, 0.29) is 0 Å².